The van der Waals surface area contributed by atoms with Crippen LogP contribution in [0.25, 0.3) is 0 Å². The summed E-state index contributed by atoms with van der Waals surface area (Å²) in [5.74, 6) is 0.606. The molecule has 0 radical (unpaired) electrons. The molecule has 1 aliphatic heterocycles. The van der Waals surface area contributed by atoms with E-state index in [-0.39, 0.29) is 0 Å². The number of thiocarbonyl (C=S) groups is 1. The molecular weight excluding hydrogens is 194 g/mol. The van der Waals surface area contributed by atoms with E-state index in [0.717, 1.165) is 17.3 Å². The highest BCUT2D eigenvalue weighted by atomic mass is 32.2. The lowest BCUT2D eigenvalue weighted by molar-refractivity contribution is -0.140. The Morgan fingerprint density at radius 1 is 1.83 bits per heavy atom. The molecule has 68 valence electrons. The Labute approximate surface area is 81.1 Å². The van der Waals surface area contributed by atoms with Crippen molar-refractivity contribution in [2.24, 2.45) is 0 Å². The van der Waals surface area contributed by atoms with Crippen molar-refractivity contribution in [1.29, 1.82) is 0 Å². The van der Waals surface area contributed by atoms with Gasteiger partial charge in [0.25, 0.3) is 0 Å². The Morgan fingerprint density at radius 3 is 3.00 bits per heavy atom. The fourth-order valence-corrected chi connectivity index (χ4v) is 2.55. The molecule has 0 saturated carbocycles. The van der Waals surface area contributed by atoms with Gasteiger partial charge in [-0.25, -0.2) is 4.79 Å². The number of carbonyl (C=O) groups is 1. The number of carboxylic acids is 1. The minimum Gasteiger partial charge on any atom is -0.480 e. The van der Waals surface area contributed by atoms with E-state index in [1.54, 1.807) is 16.7 Å². The van der Waals surface area contributed by atoms with Crippen LogP contribution in [0.2, 0.25) is 0 Å². The zero-order valence-corrected chi connectivity index (χ0v) is 8.45. The van der Waals surface area contributed by atoms with Gasteiger partial charge < -0.3 is 10.0 Å². The van der Waals surface area contributed by atoms with Gasteiger partial charge >= 0.3 is 5.97 Å². The fourth-order valence-electron chi connectivity index (χ4n) is 1.10. The molecule has 1 saturated heterocycles. The van der Waals surface area contributed by atoms with Crippen molar-refractivity contribution in [3.05, 3.63) is 0 Å². The maximum absolute atomic E-state index is 10.7. The molecule has 0 bridgehead atoms. The van der Waals surface area contributed by atoms with Crippen molar-refractivity contribution in [2.75, 3.05) is 11.6 Å². The highest BCUT2D eigenvalue weighted by molar-refractivity contribution is 7.99. The first-order valence-corrected chi connectivity index (χ1v) is 5.33. The molecule has 1 heterocycles. The lowest BCUT2D eigenvalue weighted by Crippen LogP contribution is -2.40. The summed E-state index contributed by atoms with van der Waals surface area (Å²) in [6, 6.07) is -0.401. The molecule has 0 aromatic carbocycles. The zero-order chi connectivity index (χ0) is 9.14. The number of hydrogen-bond acceptors (Lipinski definition) is 3. The molecule has 0 aliphatic carbocycles. The third-order valence-electron chi connectivity index (χ3n) is 1.79. The second-order valence-corrected chi connectivity index (χ2v) is 4.04. The molecule has 1 rings (SSSR count). The van der Waals surface area contributed by atoms with Gasteiger partial charge in [0.15, 0.2) is 0 Å². The molecule has 3 nitrogen and oxygen atoms in total. The lowest BCUT2D eigenvalue weighted by Gasteiger charge is -2.22. The minimum absolute atomic E-state index is 0.401. The second-order valence-electron chi connectivity index (χ2n) is 2.57. The molecular formula is C7H11NO2S2. The average molecular weight is 205 g/mol. The molecule has 5 heteroatoms. The van der Waals surface area contributed by atoms with E-state index in [2.05, 4.69) is 0 Å². The molecule has 1 unspecified atom stereocenters. The van der Waals surface area contributed by atoms with Crippen molar-refractivity contribution in [3.63, 3.8) is 0 Å². The van der Waals surface area contributed by atoms with Gasteiger partial charge in [0.1, 0.15) is 6.04 Å². The van der Waals surface area contributed by atoms with Crippen LogP contribution >= 0.6 is 24.0 Å². The van der Waals surface area contributed by atoms with E-state index in [4.69, 9.17) is 17.3 Å². The molecule has 0 amide bonds. The minimum atomic E-state index is -0.768. The number of thioether (sulfide) groups is 1. The van der Waals surface area contributed by atoms with E-state index >= 15 is 0 Å². The van der Waals surface area contributed by atoms with Crippen molar-refractivity contribution < 1.29 is 9.90 Å². The summed E-state index contributed by atoms with van der Waals surface area (Å²) < 4.78 is 0. The Balaban J connectivity index is 2.63. The maximum atomic E-state index is 10.7. The van der Waals surface area contributed by atoms with E-state index in [9.17, 15) is 4.79 Å². The highest BCUT2D eigenvalue weighted by Gasteiger charge is 2.31. The first-order chi connectivity index (χ1) is 5.66. The van der Waals surface area contributed by atoms with Crippen LogP contribution in [0, 0.1) is 0 Å². The van der Waals surface area contributed by atoms with E-state index in [1.807, 2.05) is 6.92 Å². The van der Waals surface area contributed by atoms with Crippen molar-refractivity contribution in [1.82, 2.24) is 4.90 Å². The van der Waals surface area contributed by atoms with Gasteiger partial charge in [-0.3, -0.25) is 0 Å². The van der Waals surface area contributed by atoms with Gasteiger partial charge in [-0.15, -0.1) is 11.8 Å². The molecule has 1 N–H and O–H groups in total. The van der Waals surface area contributed by atoms with Crippen LogP contribution in [0.3, 0.4) is 0 Å². The topological polar surface area (TPSA) is 40.5 Å². The Morgan fingerprint density at radius 2 is 2.50 bits per heavy atom. The standard InChI is InChI=1S/C7H11NO2S2/c1-2-6(11)8-4-12-3-5(8)7(9)10/h5H,2-4H2,1H3,(H,9,10). The van der Waals surface area contributed by atoms with E-state index in [1.165, 1.54) is 0 Å². The summed E-state index contributed by atoms with van der Waals surface area (Å²) >= 11 is 6.68. The van der Waals surface area contributed by atoms with E-state index < -0.39 is 12.0 Å². The highest BCUT2D eigenvalue weighted by Crippen LogP contribution is 2.22. The first-order valence-electron chi connectivity index (χ1n) is 3.76. The third-order valence-corrected chi connectivity index (χ3v) is 3.33. The van der Waals surface area contributed by atoms with Gasteiger partial charge in [-0.2, -0.15) is 0 Å². The molecule has 0 aromatic rings. The summed E-state index contributed by atoms with van der Waals surface area (Å²) in [7, 11) is 0. The van der Waals surface area contributed by atoms with Gasteiger partial charge in [0.05, 0.1) is 10.9 Å². The summed E-state index contributed by atoms with van der Waals surface area (Å²) in [5, 5.41) is 8.81. The van der Waals surface area contributed by atoms with E-state index in [0.29, 0.717) is 5.75 Å². The van der Waals surface area contributed by atoms with Crippen molar-refractivity contribution in [3.8, 4) is 0 Å². The maximum Gasteiger partial charge on any atom is 0.327 e. The fraction of sp³-hybridized carbons (Fsp3) is 0.714. The monoisotopic (exact) mass is 205 g/mol. The molecule has 12 heavy (non-hydrogen) atoms. The Kier molecular flexibility index (Phi) is 3.34. The quantitative estimate of drug-likeness (QED) is 0.686. The van der Waals surface area contributed by atoms with Gasteiger partial charge in [0, 0.05) is 5.75 Å². The van der Waals surface area contributed by atoms with Crippen LogP contribution in [-0.4, -0.2) is 38.6 Å². The van der Waals surface area contributed by atoms with Crippen LogP contribution in [0.1, 0.15) is 13.3 Å². The molecule has 1 atom stereocenters. The van der Waals surface area contributed by atoms with Crippen molar-refractivity contribution >= 4 is 34.9 Å². The average Bonchev–Trinajstić information content (AvgIpc) is 2.50. The van der Waals surface area contributed by atoms with Crippen LogP contribution in [0.15, 0.2) is 0 Å². The Hall–Kier alpha value is -0.290. The number of nitrogens with zero attached hydrogens (tertiary/aromatic N) is 1. The van der Waals surface area contributed by atoms with Gasteiger partial charge in [0.2, 0.25) is 0 Å². The number of aliphatic carboxylic acids is 1. The molecule has 1 fully saturated rings. The lowest BCUT2D eigenvalue weighted by atomic mass is 10.3. The predicted octanol–water partition coefficient (Wildman–Crippen LogP) is 1.18. The van der Waals surface area contributed by atoms with Gasteiger partial charge in [-0.05, 0) is 6.42 Å². The van der Waals surface area contributed by atoms with Crippen LogP contribution in [0.5, 0.6) is 0 Å². The SMILES string of the molecule is CCC(=S)N1CSCC1C(=O)O. The van der Waals surface area contributed by atoms with Crippen LogP contribution in [-0.2, 0) is 4.79 Å². The third kappa shape index (κ3) is 1.90. The molecule has 0 spiro atoms. The molecule has 0 aromatic heterocycles. The zero-order valence-electron chi connectivity index (χ0n) is 6.82. The smallest absolute Gasteiger partial charge is 0.327 e. The van der Waals surface area contributed by atoms with Crippen LogP contribution in [0.4, 0.5) is 0 Å². The van der Waals surface area contributed by atoms with Gasteiger partial charge in [-0.1, -0.05) is 19.1 Å². The normalized spacial score (nSPS) is 22.8. The summed E-state index contributed by atoms with van der Waals surface area (Å²) in [6.07, 6.45) is 0.750. The number of hydrogen-bond donors (Lipinski definition) is 1. The van der Waals surface area contributed by atoms with Crippen LogP contribution < -0.4 is 0 Å². The second kappa shape index (κ2) is 4.09. The Bertz CT molecular complexity index is 208. The first kappa shape index (κ1) is 9.80. The number of carboxylic acid groups (broad SMARTS) is 1. The van der Waals surface area contributed by atoms with Crippen molar-refractivity contribution in [2.45, 2.75) is 19.4 Å². The summed E-state index contributed by atoms with van der Waals surface area (Å²) in [5.41, 5.74) is 0. The summed E-state index contributed by atoms with van der Waals surface area (Å²) in [6.45, 7) is 1.95. The molecule has 1 aliphatic rings. The summed E-state index contributed by atoms with van der Waals surface area (Å²) in [4.78, 5) is 13.3. The largest absolute Gasteiger partial charge is 0.480 e. The predicted molar refractivity (Wildman–Crippen MR) is 53.5 cm³/mol. The number of rotatable bonds is 2.